The maximum atomic E-state index is 13.0. The Morgan fingerprint density at radius 3 is 1.43 bits per heavy atom. The third kappa shape index (κ3) is 14.8. The average molecular weight is 427 g/mol. The van der Waals surface area contributed by atoms with Gasteiger partial charge in [-0.1, -0.05) is 104 Å². The zero-order valence-corrected chi connectivity index (χ0v) is 20.5. The normalized spacial score (nSPS) is 13.1. The zero-order valence-electron chi connectivity index (χ0n) is 20.5. The summed E-state index contributed by atoms with van der Waals surface area (Å²) in [5.41, 5.74) is 0. The average Bonchev–Trinajstić information content (AvgIpc) is 2.74. The van der Waals surface area contributed by atoms with Crippen molar-refractivity contribution in [2.24, 2.45) is 11.8 Å². The van der Waals surface area contributed by atoms with Crippen molar-refractivity contribution in [2.75, 3.05) is 13.2 Å². The standard InChI is InChI=1S/C26H50O4/c1-5-9-12-15-16-18-21-24(26(28)30-22-19-14-11-7-3)23(25(27)29-8-4)20-17-13-10-6-2/h23-24H,5-22H2,1-4H3. The molecule has 2 unspecified atom stereocenters. The van der Waals surface area contributed by atoms with Crippen LogP contribution in [0.5, 0.6) is 0 Å². The second-order valence-corrected chi connectivity index (χ2v) is 8.60. The molecule has 4 nitrogen and oxygen atoms in total. The summed E-state index contributed by atoms with van der Waals surface area (Å²) >= 11 is 0. The van der Waals surface area contributed by atoms with Gasteiger partial charge in [0.15, 0.2) is 0 Å². The van der Waals surface area contributed by atoms with E-state index in [4.69, 9.17) is 9.47 Å². The van der Waals surface area contributed by atoms with Crippen LogP contribution in [-0.4, -0.2) is 25.2 Å². The largest absolute Gasteiger partial charge is 0.466 e. The van der Waals surface area contributed by atoms with E-state index in [0.717, 1.165) is 64.2 Å². The summed E-state index contributed by atoms with van der Waals surface area (Å²) in [6.07, 6.45) is 17.2. The Morgan fingerprint density at radius 2 is 0.933 bits per heavy atom. The molecule has 0 aliphatic rings. The Hall–Kier alpha value is -1.06. The van der Waals surface area contributed by atoms with Crippen molar-refractivity contribution in [2.45, 2.75) is 130 Å². The number of carbonyl (C=O) groups is 2. The molecule has 0 aromatic rings. The minimum Gasteiger partial charge on any atom is -0.466 e. The molecule has 0 aromatic heterocycles. The van der Waals surface area contributed by atoms with E-state index < -0.39 is 0 Å². The summed E-state index contributed by atoms with van der Waals surface area (Å²) in [5.74, 6) is -1.12. The van der Waals surface area contributed by atoms with Crippen molar-refractivity contribution in [1.82, 2.24) is 0 Å². The first-order chi connectivity index (χ1) is 14.6. The number of hydrogen-bond donors (Lipinski definition) is 0. The number of ether oxygens (including phenoxy) is 2. The van der Waals surface area contributed by atoms with Gasteiger partial charge in [0.1, 0.15) is 0 Å². The van der Waals surface area contributed by atoms with Crippen LogP contribution < -0.4 is 0 Å². The lowest BCUT2D eigenvalue weighted by atomic mass is 9.83. The van der Waals surface area contributed by atoms with Crippen LogP contribution in [0, 0.1) is 11.8 Å². The molecule has 30 heavy (non-hydrogen) atoms. The van der Waals surface area contributed by atoms with Crippen LogP contribution in [-0.2, 0) is 19.1 Å². The van der Waals surface area contributed by atoms with Crippen molar-refractivity contribution in [3.63, 3.8) is 0 Å². The zero-order chi connectivity index (χ0) is 22.5. The Kier molecular flexibility index (Phi) is 20.4. The van der Waals surface area contributed by atoms with Gasteiger partial charge in [-0.2, -0.15) is 0 Å². The molecule has 4 heteroatoms. The van der Waals surface area contributed by atoms with E-state index in [2.05, 4.69) is 20.8 Å². The fourth-order valence-electron chi connectivity index (χ4n) is 3.96. The molecule has 0 radical (unpaired) electrons. The first-order valence-electron chi connectivity index (χ1n) is 12.9. The van der Waals surface area contributed by atoms with Crippen molar-refractivity contribution in [3.05, 3.63) is 0 Å². The van der Waals surface area contributed by atoms with Crippen molar-refractivity contribution in [3.8, 4) is 0 Å². The Morgan fingerprint density at radius 1 is 0.533 bits per heavy atom. The summed E-state index contributed by atoms with van der Waals surface area (Å²) < 4.78 is 11.0. The topological polar surface area (TPSA) is 52.6 Å². The highest BCUT2D eigenvalue weighted by Crippen LogP contribution is 2.28. The van der Waals surface area contributed by atoms with Crippen LogP contribution in [0.15, 0.2) is 0 Å². The Bertz CT molecular complexity index is 408. The molecule has 0 aliphatic carbocycles. The van der Waals surface area contributed by atoms with Gasteiger partial charge in [-0.05, 0) is 26.2 Å². The monoisotopic (exact) mass is 426 g/mol. The quantitative estimate of drug-likeness (QED) is 0.140. The Labute approximate surface area is 186 Å². The third-order valence-electron chi connectivity index (χ3n) is 5.86. The van der Waals surface area contributed by atoms with Gasteiger partial charge in [0, 0.05) is 0 Å². The van der Waals surface area contributed by atoms with Crippen LogP contribution in [0.2, 0.25) is 0 Å². The fraction of sp³-hybridized carbons (Fsp3) is 0.923. The van der Waals surface area contributed by atoms with Gasteiger partial charge in [-0.25, -0.2) is 0 Å². The third-order valence-corrected chi connectivity index (χ3v) is 5.86. The lowest BCUT2D eigenvalue weighted by Gasteiger charge is -2.24. The van der Waals surface area contributed by atoms with E-state index in [1.165, 1.54) is 38.5 Å². The molecule has 0 amide bonds. The van der Waals surface area contributed by atoms with Gasteiger partial charge < -0.3 is 9.47 Å². The molecule has 2 atom stereocenters. The maximum absolute atomic E-state index is 13.0. The molecule has 0 saturated carbocycles. The molecule has 0 N–H and O–H groups in total. The minimum atomic E-state index is -0.361. The summed E-state index contributed by atoms with van der Waals surface area (Å²) in [6.45, 7) is 9.23. The highest BCUT2D eigenvalue weighted by atomic mass is 16.5. The van der Waals surface area contributed by atoms with Gasteiger partial charge in [0.2, 0.25) is 0 Å². The molecule has 0 saturated heterocycles. The molecule has 0 bridgehead atoms. The summed E-state index contributed by atoms with van der Waals surface area (Å²) in [6, 6.07) is 0. The predicted molar refractivity (Wildman–Crippen MR) is 125 cm³/mol. The lowest BCUT2D eigenvalue weighted by molar-refractivity contribution is -0.161. The predicted octanol–water partition coefficient (Wildman–Crippen LogP) is 7.63. The molecular formula is C26H50O4. The number of hydrogen-bond acceptors (Lipinski definition) is 4. The van der Waals surface area contributed by atoms with Crippen molar-refractivity contribution < 1.29 is 19.1 Å². The molecule has 0 aliphatic heterocycles. The van der Waals surface area contributed by atoms with E-state index >= 15 is 0 Å². The molecule has 0 aromatic carbocycles. The van der Waals surface area contributed by atoms with Crippen LogP contribution in [0.25, 0.3) is 0 Å². The van der Waals surface area contributed by atoms with E-state index in [-0.39, 0.29) is 23.8 Å². The summed E-state index contributed by atoms with van der Waals surface area (Å²) in [4.78, 5) is 25.7. The highest BCUT2D eigenvalue weighted by Gasteiger charge is 2.35. The summed E-state index contributed by atoms with van der Waals surface area (Å²) in [7, 11) is 0. The lowest BCUT2D eigenvalue weighted by Crippen LogP contribution is -2.33. The first-order valence-corrected chi connectivity index (χ1v) is 12.9. The number of esters is 2. The summed E-state index contributed by atoms with van der Waals surface area (Å²) in [5, 5.41) is 0. The second kappa shape index (κ2) is 21.2. The molecule has 0 spiro atoms. The molecular weight excluding hydrogens is 376 g/mol. The van der Waals surface area contributed by atoms with Crippen LogP contribution in [0.1, 0.15) is 130 Å². The smallest absolute Gasteiger partial charge is 0.309 e. The van der Waals surface area contributed by atoms with Gasteiger partial charge in [0.25, 0.3) is 0 Å². The highest BCUT2D eigenvalue weighted by molar-refractivity contribution is 5.82. The van der Waals surface area contributed by atoms with E-state index in [0.29, 0.717) is 13.2 Å². The molecule has 0 fully saturated rings. The van der Waals surface area contributed by atoms with Gasteiger partial charge >= 0.3 is 11.9 Å². The molecule has 0 heterocycles. The van der Waals surface area contributed by atoms with E-state index in [1.54, 1.807) is 0 Å². The van der Waals surface area contributed by atoms with Crippen molar-refractivity contribution >= 4 is 11.9 Å². The van der Waals surface area contributed by atoms with Crippen molar-refractivity contribution in [1.29, 1.82) is 0 Å². The van der Waals surface area contributed by atoms with E-state index in [9.17, 15) is 9.59 Å². The first kappa shape index (κ1) is 28.9. The van der Waals surface area contributed by atoms with Gasteiger partial charge in [-0.3, -0.25) is 9.59 Å². The van der Waals surface area contributed by atoms with Gasteiger partial charge in [-0.15, -0.1) is 0 Å². The molecule has 0 rings (SSSR count). The number of rotatable bonds is 21. The molecule has 178 valence electrons. The van der Waals surface area contributed by atoms with Crippen LogP contribution in [0.4, 0.5) is 0 Å². The SMILES string of the molecule is CCCCCCCCC(C(=O)OCCCCCC)C(CCCCCC)C(=O)OCC. The number of carbonyl (C=O) groups excluding carboxylic acids is 2. The Balaban J connectivity index is 4.93. The second-order valence-electron chi connectivity index (χ2n) is 8.60. The van der Waals surface area contributed by atoms with Crippen LogP contribution in [0.3, 0.4) is 0 Å². The fourth-order valence-corrected chi connectivity index (χ4v) is 3.96. The van der Waals surface area contributed by atoms with Gasteiger partial charge in [0.05, 0.1) is 25.0 Å². The van der Waals surface area contributed by atoms with E-state index in [1.807, 2.05) is 6.92 Å². The van der Waals surface area contributed by atoms with Crippen LogP contribution >= 0.6 is 0 Å². The number of unbranched alkanes of at least 4 members (excludes halogenated alkanes) is 11. The minimum absolute atomic E-state index is 0.186. The maximum Gasteiger partial charge on any atom is 0.309 e.